The summed E-state index contributed by atoms with van der Waals surface area (Å²) in [5.41, 5.74) is 3.11. The molecule has 21 heavy (non-hydrogen) atoms. The van der Waals surface area contributed by atoms with Crippen LogP contribution >= 0.6 is 0 Å². The smallest absolute Gasteiger partial charge is 0.238 e. The van der Waals surface area contributed by atoms with Gasteiger partial charge in [0.05, 0.1) is 6.54 Å². The molecule has 0 atom stereocenters. The van der Waals surface area contributed by atoms with Crippen molar-refractivity contribution in [3.8, 4) is 0 Å². The number of nitrogens with one attached hydrogen (secondary N) is 1. The van der Waals surface area contributed by atoms with Gasteiger partial charge in [-0.05, 0) is 44.2 Å². The van der Waals surface area contributed by atoms with Crippen LogP contribution in [0.5, 0.6) is 0 Å². The number of aliphatic hydroxyl groups excluding tert-OH is 1. The number of carbonyl (C=O) groups is 1. The van der Waals surface area contributed by atoms with Gasteiger partial charge in [-0.25, -0.2) is 0 Å². The second kappa shape index (κ2) is 7.57. The van der Waals surface area contributed by atoms with Crippen LogP contribution in [0.25, 0.3) is 0 Å². The SMILES string of the molecule is Cc1cccc(C)c1NC(=O)CN(CCCO)C1CCC1. The monoisotopic (exact) mass is 290 g/mol. The van der Waals surface area contributed by atoms with Gasteiger partial charge in [0, 0.05) is 24.9 Å². The second-order valence-corrected chi connectivity index (χ2v) is 5.95. The Balaban J connectivity index is 1.95. The molecule has 0 heterocycles. The lowest BCUT2D eigenvalue weighted by molar-refractivity contribution is -0.118. The highest BCUT2D eigenvalue weighted by molar-refractivity contribution is 5.93. The molecule has 0 spiro atoms. The fourth-order valence-corrected chi connectivity index (χ4v) is 2.79. The van der Waals surface area contributed by atoms with Crippen molar-refractivity contribution in [1.29, 1.82) is 0 Å². The molecule has 1 fully saturated rings. The zero-order valence-electron chi connectivity index (χ0n) is 13.1. The number of hydrogen-bond donors (Lipinski definition) is 2. The summed E-state index contributed by atoms with van der Waals surface area (Å²) in [5, 5.41) is 12.0. The Hall–Kier alpha value is -1.39. The number of aliphatic hydroxyl groups is 1. The Labute approximate surface area is 127 Å². The maximum absolute atomic E-state index is 12.3. The number of benzene rings is 1. The Morgan fingerprint density at radius 2 is 2.00 bits per heavy atom. The highest BCUT2D eigenvalue weighted by atomic mass is 16.3. The van der Waals surface area contributed by atoms with Gasteiger partial charge in [-0.2, -0.15) is 0 Å². The second-order valence-electron chi connectivity index (χ2n) is 5.95. The molecule has 1 saturated carbocycles. The molecule has 4 heteroatoms. The third kappa shape index (κ3) is 4.29. The van der Waals surface area contributed by atoms with E-state index in [4.69, 9.17) is 5.11 Å². The van der Waals surface area contributed by atoms with E-state index in [0.29, 0.717) is 12.6 Å². The topological polar surface area (TPSA) is 52.6 Å². The molecule has 2 N–H and O–H groups in total. The van der Waals surface area contributed by atoms with Crippen molar-refractivity contribution in [1.82, 2.24) is 4.90 Å². The van der Waals surface area contributed by atoms with E-state index in [1.54, 1.807) is 0 Å². The Bertz CT molecular complexity index is 463. The summed E-state index contributed by atoms with van der Waals surface area (Å²) in [6.07, 6.45) is 4.32. The first-order valence-electron chi connectivity index (χ1n) is 7.83. The number of aryl methyl sites for hydroxylation is 2. The lowest BCUT2D eigenvalue weighted by Crippen LogP contribution is -2.45. The molecule has 2 rings (SSSR count). The van der Waals surface area contributed by atoms with Crippen molar-refractivity contribution in [3.05, 3.63) is 29.3 Å². The summed E-state index contributed by atoms with van der Waals surface area (Å²) in [4.78, 5) is 14.5. The molecule has 116 valence electrons. The van der Waals surface area contributed by atoms with E-state index in [1.807, 2.05) is 32.0 Å². The summed E-state index contributed by atoms with van der Waals surface area (Å²) >= 11 is 0. The molecule has 0 radical (unpaired) electrons. The number of nitrogens with zero attached hydrogens (tertiary/aromatic N) is 1. The molecule has 0 saturated heterocycles. The predicted molar refractivity (Wildman–Crippen MR) is 85.5 cm³/mol. The van der Waals surface area contributed by atoms with Gasteiger partial charge in [0.2, 0.25) is 5.91 Å². The molecule has 0 bridgehead atoms. The van der Waals surface area contributed by atoms with Gasteiger partial charge in [0.25, 0.3) is 0 Å². The molecule has 0 unspecified atom stereocenters. The van der Waals surface area contributed by atoms with E-state index < -0.39 is 0 Å². The Morgan fingerprint density at radius 1 is 1.33 bits per heavy atom. The first-order chi connectivity index (χ1) is 10.1. The number of rotatable bonds is 7. The molecule has 1 aromatic carbocycles. The van der Waals surface area contributed by atoms with Crippen LogP contribution in [0.4, 0.5) is 5.69 Å². The van der Waals surface area contributed by atoms with Crippen molar-refractivity contribution in [2.45, 2.75) is 45.6 Å². The molecule has 0 aliphatic heterocycles. The van der Waals surface area contributed by atoms with Crippen molar-refractivity contribution in [2.24, 2.45) is 0 Å². The number of hydrogen-bond acceptors (Lipinski definition) is 3. The van der Waals surface area contributed by atoms with E-state index in [-0.39, 0.29) is 12.5 Å². The lowest BCUT2D eigenvalue weighted by atomic mass is 9.91. The molecular formula is C17H26N2O2. The average Bonchev–Trinajstić information content (AvgIpc) is 2.38. The minimum absolute atomic E-state index is 0.0391. The van der Waals surface area contributed by atoms with Crippen LogP contribution in [0.15, 0.2) is 18.2 Å². The maximum Gasteiger partial charge on any atom is 0.238 e. The lowest BCUT2D eigenvalue weighted by Gasteiger charge is -2.37. The van der Waals surface area contributed by atoms with Gasteiger partial charge in [0.1, 0.15) is 0 Å². The molecule has 4 nitrogen and oxygen atoms in total. The van der Waals surface area contributed by atoms with E-state index in [2.05, 4.69) is 10.2 Å². The summed E-state index contributed by atoms with van der Waals surface area (Å²) < 4.78 is 0. The van der Waals surface area contributed by atoms with Crippen molar-refractivity contribution in [3.63, 3.8) is 0 Å². The Kier molecular flexibility index (Phi) is 5.76. The van der Waals surface area contributed by atoms with E-state index >= 15 is 0 Å². The first-order valence-corrected chi connectivity index (χ1v) is 7.83. The minimum Gasteiger partial charge on any atom is -0.396 e. The highest BCUT2D eigenvalue weighted by Gasteiger charge is 2.26. The average molecular weight is 290 g/mol. The first kappa shape index (κ1) is 16.0. The number of amides is 1. The highest BCUT2D eigenvalue weighted by Crippen LogP contribution is 2.25. The molecular weight excluding hydrogens is 264 g/mol. The van der Waals surface area contributed by atoms with Crippen LogP contribution in [-0.2, 0) is 4.79 Å². The summed E-state index contributed by atoms with van der Waals surface area (Å²) in [6.45, 7) is 5.41. The van der Waals surface area contributed by atoms with Crippen molar-refractivity contribution >= 4 is 11.6 Å². The van der Waals surface area contributed by atoms with Gasteiger partial charge in [-0.1, -0.05) is 24.6 Å². The summed E-state index contributed by atoms with van der Waals surface area (Å²) in [7, 11) is 0. The largest absolute Gasteiger partial charge is 0.396 e. The van der Waals surface area contributed by atoms with Crippen LogP contribution < -0.4 is 5.32 Å². The summed E-state index contributed by atoms with van der Waals surface area (Å²) in [5.74, 6) is 0.0391. The molecule has 0 aromatic heterocycles. The zero-order chi connectivity index (χ0) is 15.2. The summed E-state index contributed by atoms with van der Waals surface area (Å²) in [6, 6.07) is 6.54. The van der Waals surface area contributed by atoms with Gasteiger partial charge < -0.3 is 10.4 Å². The molecule has 1 aliphatic rings. The van der Waals surface area contributed by atoms with E-state index in [0.717, 1.165) is 29.8 Å². The van der Waals surface area contributed by atoms with E-state index in [1.165, 1.54) is 19.3 Å². The maximum atomic E-state index is 12.3. The van der Waals surface area contributed by atoms with Crippen LogP contribution in [0.1, 0.15) is 36.8 Å². The standard InChI is InChI=1S/C17H26N2O2/c1-13-6-3-7-14(2)17(13)18-16(21)12-19(10-5-11-20)15-8-4-9-15/h3,6-7,15,20H,4-5,8-12H2,1-2H3,(H,18,21). The molecule has 1 amide bonds. The fourth-order valence-electron chi connectivity index (χ4n) is 2.79. The van der Waals surface area contributed by atoms with Crippen molar-refractivity contribution in [2.75, 3.05) is 25.0 Å². The molecule has 1 aliphatic carbocycles. The van der Waals surface area contributed by atoms with Gasteiger partial charge in [-0.3, -0.25) is 9.69 Å². The van der Waals surface area contributed by atoms with Crippen LogP contribution in [-0.4, -0.2) is 41.7 Å². The predicted octanol–water partition coefficient (Wildman–Crippen LogP) is 2.48. The number of carbonyl (C=O) groups excluding carboxylic acids is 1. The quantitative estimate of drug-likeness (QED) is 0.811. The normalized spacial score (nSPS) is 15.0. The van der Waals surface area contributed by atoms with Crippen molar-refractivity contribution < 1.29 is 9.90 Å². The number of anilines is 1. The Morgan fingerprint density at radius 3 is 2.52 bits per heavy atom. The van der Waals surface area contributed by atoms with Crippen LogP contribution in [0.2, 0.25) is 0 Å². The fraction of sp³-hybridized carbons (Fsp3) is 0.588. The third-order valence-electron chi connectivity index (χ3n) is 4.29. The third-order valence-corrected chi connectivity index (χ3v) is 4.29. The minimum atomic E-state index is 0.0391. The van der Waals surface area contributed by atoms with Crippen LogP contribution in [0.3, 0.4) is 0 Å². The zero-order valence-corrected chi connectivity index (χ0v) is 13.1. The van der Waals surface area contributed by atoms with Gasteiger partial charge in [0.15, 0.2) is 0 Å². The van der Waals surface area contributed by atoms with Gasteiger partial charge >= 0.3 is 0 Å². The number of para-hydroxylation sites is 1. The van der Waals surface area contributed by atoms with Crippen LogP contribution in [0, 0.1) is 13.8 Å². The van der Waals surface area contributed by atoms with Gasteiger partial charge in [-0.15, -0.1) is 0 Å². The molecule has 1 aromatic rings. The van der Waals surface area contributed by atoms with E-state index in [9.17, 15) is 4.79 Å².